The van der Waals surface area contributed by atoms with E-state index in [0.717, 1.165) is 11.1 Å². The summed E-state index contributed by atoms with van der Waals surface area (Å²) >= 11 is 0. The second-order valence-corrected chi connectivity index (χ2v) is 7.63. The van der Waals surface area contributed by atoms with Gasteiger partial charge in [-0.25, -0.2) is 9.59 Å². The zero-order valence-corrected chi connectivity index (χ0v) is 17.9. The topological polar surface area (TPSA) is 84.9 Å². The van der Waals surface area contributed by atoms with E-state index >= 15 is 0 Å². The molecule has 7 nitrogen and oxygen atoms in total. The monoisotopic (exact) mass is 424 g/mol. The van der Waals surface area contributed by atoms with Crippen LogP contribution in [0.3, 0.4) is 0 Å². The molecule has 164 valence electrons. The van der Waals surface area contributed by atoms with Crippen molar-refractivity contribution in [2.24, 2.45) is 0 Å². The Balaban J connectivity index is 1.72. The van der Waals surface area contributed by atoms with Gasteiger partial charge >= 0.3 is 12.1 Å². The Labute approximate surface area is 182 Å². The van der Waals surface area contributed by atoms with E-state index in [9.17, 15) is 14.4 Å². The van der Waals surface area contributed by atoms with Crippen LogP contribution in [0, 0.1) is 0 Å². The lowest BCUT2D eigenvalue weighted by Crippen LogP contribution is -2.55. The summed E-state index contributed by atoms with van der Waals surface area (Å²) in [5.41, 5.74) is 0.696. The van der Waals surface area contributed by atoms with Crippen molar-refractivity contribution in [1.82, 2.24) is 10.2 Å². The summed E-state index contributed by atoms with van der Waals surface area (Å²) in [6, 6.07) is 18.0. The summed E-state index contributed by atoms with van der Waals surface area (Å²) in [6.07, 6.45) is 0.741. The fourth-order valence-electron chi connectivity index (χ4n) is 3.50. The molecule has 2 aromatic rings. The first-order valence-electron chi connectivity index (χ1n) is 10.4. The molecule has 0 saturated heterocycles. The van der Waals surface area contributed by atoms with Crippen LogP contribution < -0.4 is 5.32 Å². The third kappa shape index (κ3) is 5.63. The number of esters is 1. The van der Waals surface area contributed by atoms with Crippen LogP contribution in [0.1, 0.15) is 37.3 Å². The minimum atomic E-state index is -1.05. The minimum Gasteiger partial charge on any atom is -0.467 e. The molecule has 31 heavy (non-hydrogen) atoms. The average Bonchev–Trinajstić information content (AvgIpc) is 3.58. The van der Waals surface area contributed by atoms with Crippen molar-refractivity contribution in [3.8, 4) is 0 Å². The number of alkyl carbamates (subject to hydrolysis) is 1. The summed E-state index contributed by atoms with van der Waals surface area (Å²) in [7, 11) is 1.31. The van der Waals surface area contributed by atoms with Crippen molar-refractivity contribution >= 4 is 18.0 Å². The minimum absolute atomic E-state index is 0.115. The van der Waals surface area contributed by atoms with Gasteiger partial charge in [-0.15, -0.1) is 0 Å². The zero-order chi connectivity index (χ0) is 22.3. The SMILES string of the molecule is CC[C@H](C(=O)OC)N(Cc1ccccc1)C(=O)C1(NC(=O)OCc2ccccc2)CC1. The lowest BCUT2D eigenvalue weighted by molar-refractivity contribution is -0.154. The molecule has 2 aromatic carbocycles. The summed E-state index contributed by atoms with van der Waals surface area (Å²) in [6.45, 7) is 2.19. The molecule has 1 aliphatic rings. The molecular weight excluding hydrogens is 396 g/mol. The maximum absolute atomic E-state index is 13.5. The van der Waals surface area contributed by atoms with Crippen LogP contribution in [0.15, 0.2) is 60.7 Å². The third-order valence-electron chi connectivity index (χ3n) is 5.41. The summed E-state index contributed by atoms with van der Waals surface area (Å²) in [5.74, 6) is -0.778. The highest BCUT2D eigenvalue weighted by molar-refractivity contribution is 5.95. The first kappa shape index (κ1) is 22.3. The molecule has 1 N–H and O–H groups in total. The highest BCUT2D eigenvalue weighted by Crippen LogP contribution is 2.38. The fraction of sp³-hybridized carbons (Fsp3) is 0.375. The van der Waals surface area contributed by atoms with Gasteiger partial charge in [-0.1, -0.05) is 67.6 Å². The molecular formula is C24H28N2O5. The molecule has 0 spiro atoms. The number of amides is 2. The molecule has 0 radical (unpaired) electrons. The van der Waals surface area contributed by atoms with Gasteiger partial charge in [0.15, 0.2) is 0 Å². The first-order valence-corrected chi connectivity index (χ1v) is 10.4. The normalized spacial score (nSPS) is 14.8. The van der Waals surface area contributed by atoms with E-state index in [1.165, 1.54) is 12.0 Å². The maximum Gasteiger partial charge on any atom is 0.408 e. The molecule has 1 aliphatic carbocycles. The quantitative estimate of drug-likeness (QED) is 0.624. The molecule has 0 heterocycles. The van der Waals surface area contributed by atoms with Crippen LogP contribution in [0.25, 0.3) is 0 Å². The highest BCUT2D eigenvalue weighted by atomic mass is 16.5. The van der Waals surface area contributed by atoms with Crippen LogP contribution in [0.2, 0.25) is 0 Å². The number of methoxy groups -OCH3 is 1. The molecule has 0 unspecified atom stereocenters. The molecule has 1 fully saturated rings. The molecule has 0 aliphatic heterocycles. The number of benzene rings is 2. The number of hydrogen-bond acceptors (Lipinski definition) is 5. The van der Waals surface area contributed by atoms with E-state index in [0.29, 0.717) is 19.3 Å². The van der Waals surface area contributed by atoms with Gasteiger partial charge < -0.3 is 19.7 Å². The molecule has 1 saturated carbocycles. The Kier molecular flexibility index (Phi) is 7.28. The third-order valence-corrected chi connectivity index (χ3v) is 5.41. The van der Waals surface area contributed by atoms with E-state index in [4.69, 9.17) is 9.47 Å². The van der Waals surface area contributed by atoms with Gasteiger partial charge in [0.05, 0.1) is 7.11 Å². The number of nitrogens with zero attached hydrogens (tertiary/aromatic N) is 1. The van der Waals surface area contributed by atoms with Crippen molar-refractivity contribution in [3.05, 3.63) is 71.8 Å². The summed E-state index contributed by atoms with van der Waals surface area (Å²) in [5, 5.41) is 2.74. The van der Waals surface area contributed by atoms with Gasteiger partial charge in [0.2, 0.25) is 5.91 Å². The summed E-state index contributed by atoms with van der Waals surface area (Å²) < 4.78 is 10.2. The molecule has 7 heteroatoms. The fourth-order valence-corrected chi connectivity index (χ4v) is 3.50. The standard InChI is InChI=1S/C24H28N2O5/c1-3-20(21(27)30-2)26(16-18-10-6-4-7-11-18)22(28)24(14-15-24)25-23(29)31-17-19-12-8-5-9-13-19/h4-13,20H,3,14-17H2,1-2H3,(H,25,29)/t20-/m1/s1. The molecule has 0 aromatic heterocycles. The Hall–Kier alpha value is -3.35. The second kappa shape index (κ2) is 10.1. The Bertz CT molecular complexity index is 897. The predicted octanol–water partition coefficient (Wildman–Crippen LogP) is 3.43. The average molecular weight is 424 g/mol. The number of carbonyl (C=O) groups is 3. The van der Waals surface area contributed by atoms with Crippen molar-refractivity contribution < 1.29 is 23.9 Å². The van der Waals surface area contributed by atoms with Crippen LogP contribution in [0.5, 0.6) is 0 Å². The van der Waals surface area contributed by atoms with Crippen LogP contribution in [-0.4, -0.2) is 41.6 Å². The van der Waals surface area contributed by atoms with Crippen molar-refractivity contribution in [2.75, 3.05) is 7.11 Å². The van der Waals surface area contributed by atoms with E-state index in [2.05, 4.69) is 5.32 Å². The molecule has 3 rings (SSSR count). The summed E-state index contributed by atoms with van der Waals surface area (Å²) in [4.78, 5) is 39.8. The van der Waals surface area contributed by atoms with Gasteiger partial charge in [-0.3, -0.25) is 4.79 Å². The van der Waals surface area contributed by atoms with E-state index < -0.39 is 23.6 Å². The van der Waals surface area contributed by atoms with E-state index in [1.807, 2.05) is 67.6 Å². The lowest BCUT2D eigenvalue weighted by atomic mass is 10.1. The van der Waals surface area contributed by atoms with Gasteiger partial charge in [0, 0.05) is 6.54 Å². The maximum atomic E-state index is 13.5. The molecule has 1 atom stereocenters. The second-order valence-electron chi connectivity index (χ2n) is 7.63. The van der Waals surface area contributed by atoms with Gasteiger partial charge in [-0.05, 0) is 30.4 Å². The molecule has 2 amide bonds. The number of ether oxygens (including phenoxy) is 2. The number of hydrogen-bond donors (Lipinski definition) is 1. The number of rotatable bonds is 9. The van der Waals surface area contributed by atoms with E-state index in [1.54, 1.807) is 0 Å². The predicted molar refractivity (Wildman–Crippen MR) is 115 cm³/mol. The van der Waals surface area contributed by atoms with Crippen molar-refractivity contribution in [2.45, 2.75) is 50.9 Å². The highest BCUT2D eigenvalue weighted by Gasteiger charge is 2.54. The molecule has 0 bridgehead atoms. The van der Waals surface area contributed by atoms with Crippen LogP contribution in [-0.2, 0) is 32.2 Å². The van der Waals surface area contributed by atoms with Crippen LogP contribution >= 0.6 is 0 Å². The van der Waals surface area contributed by atoms with E-state index in [-0.39, 0.29) is 19.1 Å². The van der Waals surface area contributed by atoms with Gasteiger partial charge in [0.1, 0.15) is 18.2 Å². The zero-order valence-electron chi connectivity index (χ0n) is 17.9. The first-order chi connectivity index (χ1) is 15.0. The Morgan fingerprint density at radius 3 is 2.10 bits per heavy atom. The largest absolute Gasteiger partial charge is 0.467 e. The van der Waals surface area contributed by atoms with Crippen LogP contribution in [0.4, 0.5) is 4.79 Å². The Morgan fingerprint density at radius 1 is 1.00 bits per heavy atom. The lowest BCUT2D eigenvalue weighted by Gasteiger charge is -2.33. The van der Waals surface area contributed by atoms with Crippen molar-refractivity contribution in [3.63, 3.8) is 0 Å². The Morgan fingerprint density at radius 2 is 1.58 bits per heavy atom. The van der Waals surface area contributed by atoms with Gasteiger partial charge in [-0.2, -0.15) is 0 Å². The van der Waals surface area contributed by atoms with Crippen molar-refractivity contribution in [1.29, 1.82) is 0 Å². The number of nitrogens with one attached hydrogen (secondary N) is 1. The number of carbonyl (C=O) groups excluding carboxylic acids is 3. The smallest absolute Gasteiger partial charge is 0.408 e. The van der Waals surface area contributed by atoms with Gasteiger partial charge in [0.25, 0.3) is 0 Å².